The first-order valence-electron chi connectivity index (χ1n) is 8.19. The monoisotopic (exact) mass is 339 g/mol. The molecule has 23 heavy (non-hydrogen) atoms. The van der Waals surface area contributed by atoms with E-state index in [4.69, 9.17) is 16.0 Å². The molecule has 2 aliphatic rings. The van der Waals surface area contributed by atoms with Crippen molar-refractivity contribution in [3.8, 4) is 0 Å². The normalized spacial score (nSPS) is 24.7. The molecule has 126 valence electrons. The van der Waals surface area contributed by atoms with Crippen LogP contribution in [-0.2, 0) is 4.79 Å². The first kappa shape index (κ1) is 16.3. The van der Waals surface area contributed by atoms with Crippen molar-refractivity contribution in [2.24, 2.45) is 5.92 Å². The predicted octanol–water partition coefficient (Wildman–Crippen LogP) is 1.65. The number of furan rings is 1. The molecule has 2 saturated heterocycles. The van der Waals surface area contributed by atoms with E-state index in [1.807, 2.05) is 0 Å². The van der Waals surface area contributed by atoms with E-state index in [9.17, 15) is 9.59 Å². The molecule has 0 unspecified atom stereocenters. The van der Waals surface area contributed by atoms with E-state index in [1.54, 1.807) is 17.0 Å². The van der Waals surface area contributed by atoms with Gasteiger partial charge in [0.2, 0.25) is 5.91 Å². The van der Waals surface area contributed by atoms with Crippen molar-refractivity contribution in [1.82, 2.24) is 15.5 Å². The molecule has 0 aromatic carbocycles. The smallest absolute Gasteiger partial charge is 0.289 e. The number of hydrogen-bond donors (Lipinski definition) is 2. The molecule has 0 bridgehead atoms. The number of hydrogen-bond acceptors (Lipinski definition) is 4. The Labute approximate surface area is 140 Å². The first-order chi connectivity index (χ1) is 11.1. The van der Waals surface area contributed by atoms with Crippen LogP contribution >= 0.6 is 11.6 Å². The van der Waals surface area contributed by atoms with Gasteiger partial charge < -0.3 is 20.0 Å². The molecular weight excluding hydrogens is 318 g/mol. The van der Waals surface area contributed by atoms with E-state index in [1.165, 1.54) is 0 Å². The molecule has 0 aliphatic carbocycles. The van der Waals surface area contributed by atoms with E-state index in [0.717, 1.165) is 32.2 Å². The summed E-state index contributed by atoms with van der Waals surface area (Å²) in [5.74, 6) is 0.493. The average Bonchev–Trinajstić information content (AvgIpc) is 3.24. The Morgan fingerprint density at radius 2 is 2.22 bits per heavy atom. The Morgan fingerprint density at radius 3 is 2.91 bits per heavy atom. The van der Waals surface area contributed by atoms with Gasteiger partial charge in [0.25, 0.3) is 5.91 Å². The van der Waals surface area contributed by atoms with Crippen molar-refractivity contribution < 1.29 is 14.0 Å². The fraction of sp³-hybridized carbons (Fsp3) is 0.625. The van der Waals surface area contributed by atoms with Gasteiger partial charge in [-0.3, -0.25) is 9.59 Å². The minimum Gasteiger partial charge on any atom is -0.440 e. The summed E-state index contributed by atoms with van der Waals surface area (Å²) in [5.41, 5.74) is 0. The van der Waals surface area contributed by atoms with Gasteiger partial charge in [-0.2, -0.15) is 0 Å². The van der Waals surface area contributed by atoms with Crippen molar-refractivity contribution >= 4 is 23.4 Å². The van der Waals surface area contributed by atoms with Gasteiger partial charge in [0.1, 0.15) is 0 Å². The van der Waals surface area contributed by atoms with Crippen LogP contribution in [0, 0.1) is 5.92 Å². The summed E-state index contributed by atoms with van der Waals surface area (Å²) >= 11 is 5.73. The third-order valence-corrected chi connectivity index (χ3v) is 4.74. The highest BCUT2D eigenvalue weighted by atomic mass is 35.5. The van der Waals surface area contributed by atoms with E-state index in [0.29, 0.717) is 19.6 Å². The Kier molecular flexibility index (Phi) is 5.23. The number of carbonyl (C=O) groups is 2. The minimum absolute atomic E-state index is 0.0541. The average molecular weight is 340 g/mol. The zero-order chi connectivity index (χ0) is 16.2. The maximum absolute atomic E-state index is 12.4. The fourth-order valence-corrected chi connectivity index (χ4v) is 3.42. The first-order valence-corrected chi connectivity index (χ1v) is 8.57. The molecule has 3 heterocycles. The van der Waals surface area contributed by atoms with Crippen molar-refractivity contribution in [2.45, 2.75) is 31.7 Å². The lowest BCUT2D eigenvalue weighted by atomic mass is 9.97. The van der Waals surface area contributed by atoms with Crippen LogP contribution in [-0.4, -0.2) is 48.9 Å². The summed E-state index contributed by atoms with van der Waals surface area (Å²) in [5, 5.41) is 6.43. The summed E-state index contributed by atoms with van der Waals surface area (Å²) < 4.78 is 5.20. The lowest BCUT2D eigenvalue weighted by Gasteiger charge is -2.32. The quantitative estimate of drug-likeness (QED) is 0.874. The maximum Gasteiger partial charge on any atom is 0.289 e. The number of halogens is 1. The molecule has 0 saturated carbocycles. The van der Waals surface area contributed by atoms with Crippen LogP contribution in [0.1, 0.15) is 36.2 Å². The van der Waals surface area contributed by atoms with Crippen molar-refractivity contribution in [3.63, 3.8) is 0 Å². The Morgan fingerprint density at radius 1 is 1.35 bits per heavy atom. The third kappa shape index (κ3) is 4.06. The van der Waals surface area contributed by atoms with Crippen LogP contribution in [0.15, 0.2) is 16.5 Å². The molecule has 6 nitrogen and oxygen atoms in total. The lowest BCUT2D eigenvalue weighted by molar-refractivity contribution is -0.123. The molecule has 7 heteroatoms. The molecule has 0 spiro atoms. The van der Waals surface area contributed by atoms with Crippen molar-refractivity contribution in [3.05, 3.63) is 23.1 Å². The predicted molar refractivity (Wildman–Crippen MR) is 86.4 cm³/mol. The van der Waals surface area contributed by atoms with Gasteiger partial charge in [-0.25, -0.2) is 0 Å². The van der Waals surface area contributed by atoms with Gasteiger partial charge in [0, 0.05) is 19.6 Å². The minimum atomic E-state index is -0.134. The molecule has 0 radical (unpaired) electrons. The van der Waals surface area contributed by atoms with Crippen molar-refractivity contribution in [2.75, 3.05) is 26.2 Å². The van der Waals surface area contributed by atoms with Crippen LogP contribution in [0.2, 0.25) is 5.22 Å². The number of amides is 2. The Hall–Kier alpha value is -1.53. The maximum atomic E-state index is 12.4. The topological polar surface area (TPSA) is 74.6 Å². The second kappa shape index (κ2) is 7.36. The largest absolute Gasteiger partial charge is 0.440 e. The number of nitrogens with one attached hydrogen (secondary N) is 2. The SMILES string of the molecule is O=C(NC[C@H]1CCCN(C(=O)c2ccc(Cl)o2)C1)[C@H]1CCCN1. The van der Waals surface area contributed by atoms with E-state index in [-0.39, 0.29) is 34.8 Å². The van der Waals surface area contributed by atoms with Gasteiger partial charge >= 0.3 is 0 Å². The summed E-state index contributed by atoms with van der Waals surface area (Å²) in [6, 6.07) is 3.12. The molecule has 2 N–H and O–H groups in total. The summed E-state index contributed by atoms with van der Waals surface area (Å²) in [6.07, 6.45) is 3.90. The highest BCUT2D eigenvalue weighted by Gasteiger charge is 2.28. The number of carbonyl (C=O) groups excluding carboxylic acids is 2. The second-order valence-electron chi connectivity index (χ2n) is 6.26. The van der Waals surface area contributed by atoms with Gasteiger partial charge in [0.15, 0.2) is 11.0 Å². The highest BCUT2D eigenvalue weighted by Crippen LogP contribution is 2.20. The molecular formula is C16H22ClN3O3. The number of rotatable bonds is 4. The lowest BCUT2D eigenvalue weighted by Crippen LogP contribution is -2.46. The second-order valence-corrected chi connectivity index (χ2v) is 6.63. The molecule has 2 aliphatic heterocycles. The Balaban J connectivity index is 1.49. The zero-order valence-corrected chi connectivity index (χ0v) is 13.8. The van der Waals surface area contributed by atoms with Crippen LogP contribution in [0.3, 0.4) is 0 Å². The third-order valence-electron chi connectivity index (χ3n) is 4.53. The van der Waals surface area contributed by atoms with Gasteiger partial charge in [-0.05, 0) is 61.9 Å². The molecule has 1 aromatic heterocycles. The van der Waals surface area contributed by atoms with Crippen LogP contribution in [0.25, 0.3) is 0 Å². The van der Waals surface area contributed by atoms with Crippen LogP contribution in [0.4, 0.5) is 0 Å². The summed E-state index contributed by atoms with van der Waals surface area (Å²) in [4.78, 5) is 26.2. The Bertz CT molecular complexity index is 569. The van der Waals surface area contributed by atoms with Crippen LogP contribution in [0.5, 0.6) is 0 Å². The number of likely N-dealkylation sites (tertiary alicyclic amines) is 1. The van der Waals surface area contributed by atoms with Crippen molar-refractivity contribution in [1.29, 1.82) is 0 Å². The van der Waals surface area contributed by atoms with E-state index in [2.05, 4.69) is 10.6 Å². The highest BCUT2D eigenvalue weighted by molar-refractivity contribution is 6.29. The molecule has 2 amide bonds. The molecule has 2 fully saturated rings. The molecule has 3 rings (SSSR count). The standard InChI is InChI=1S/C16H22ClN3O3/c17-14-6-5-13(23-14)16(22)20-8-2-3-11(10-20)9-19-15(21)12-4-1-7-18-12/h5-6,11-12,18H,1-4,7-10H2,(H,19,21)/t11-,12-/m1/s1. The number of nitrogens with zero attached hydrogens (tertiary/aromatic N) is 1. The van der Waals surface area contributed by atoms with Crippen LogP contribution < -0.4 is 10.6 Å². The number of piperidine rings is 1. The zero-order valence-electron chi connectivity index (χ0n) is 13.0. The summed E-state index contributed by atoms with van der Waals surface area (Å²) in [6.45, 7) is 2.87. The molecule has 2 atom stereocenters. The molecule has 1 aromatic rings. The fourth-order valence-electron chi connectivity index (χ4n) is 3.28. The van der Waals surface area contributed by atoms with Gasteiger partial charge in [-0.1, -0.05) is 0 Å². The van der Waals surface area contributed by atoms with E-state index < -0.39 is 0 Å². The van der Waals surface area contributed by atoms with Gasteiger partial charge in [0.05, 0.1) is 6.04 Å². The van der Waals surface area contributed by atoms with E-state index >= 15 is 0 Å². The summed E-state index contributed by atoms with van der Waals surface area (Å²) in [7, 11) is 0. The van der Waals surface area contributed by atoms with Gasteiger partial charge in [-0.15, -0.1) is 0 Å².